The second-order valence-electron chi connectivity index (χ2n) is 9.64. The van der Waals surface area contributed by atoms with Crippen LogP contribution in [0.4, 0.5) is 13.2 Å². The fourth-order valence-electron chi connectivity index (χ4n) is 5.26. The molecule has 2 atom stereocenters. The highest BCUT2D eigenvalue weighted by atomic mass is 19.4. The molecule has 5 rings (SSSR count). The molecular formula is C28H30F3N3O2. The predicted octanol–water partition coefficient (Wildman–Crippen LogP) is 5.94. The number of halogens is 3. The van der Waals surface area contributed by atoms with Crippen molar-refractivity contribution in [2.45, 2.75) is 63.3 Å². The summed E-state index contributed by atoms with van der Waals surface area (Å²) < 4.78 is 47.2. The Kier molecular flexibility index (Phi) is 7.16. The first-order valence-electron chi connectivity index (χ1n) is 12.3. The van der Waals surface area contributed by atoms with E-state index in [0.29, 0.717) is 37.0 Å². The number of ether oxygens (including phenoxy) is 2. The summed E-state index contributed by atoms with van der Waals surface area (Å²) in [6.07, 6.45) is 2.13. The lowest BCUT2D eigenvalue weighted by molar-refractivity contribution is -0.274. The molecule has 2 aliphatic rings. The van der Waals surface area contributed by atoms with Gasteiger partial charge in [-0.3, -0.25) is 4.98 Å². The van der Waals surface area contributed by atoms with Crippen LogP contribution in [0.5, 0.6) is 11.5 Å². The first-order valence-corrected chi connectivity index (χ1v) is 12.3. The van der Waals surface area contributed by atoms with E-state index in [-0.39, 0.29) is 5.75 Å². The quantitative estimate of drug-likeness (QED) is 0.417. The Balaban J connectivity index is 1.11. The van der Waals surface area contributed by atoms with E-state index in [1.54, 1.807) is 18.3 Å². The lowest BCUT2D eigenvalue weighted by Crippen LogP contribution is -2.43. The second kappa shape index (κ2) is 10.5. The molecule has 2 saturated heterocycles. The maximum atomic E-state index is 12.3. The molecule has 2 bridgehead atoms. The van der Waals surface area contributed by atoms with Crippen molar-refractivity contribution in [2.75, 3.05) is 7.05 Å². The van der Waals surface area contributed by atoms with Crippen LogP contribution in [0.25, 0.3) is 11.3 Å². The first-order chi connectivity index (χ1) is 17.3. The van der Waals surface area contributed by atoms with Gasteiger partial charge in [-0.25, -0.2) is 0 Å². The van der Waals surface area contributed by atoms with Crippen molar-refractivity contribution in [1.82, 2.24) is 15.2 Å². The van der Waals surface area contributed by atoms with Gasteiger partial charge in [0.25, 0.3) is 0 Å². The van der Waals surface area contributed by atoms with Gasteiger partial charge in [0.05, 0.1) is 5.69 Å². The van der Waals surface area contributed by atoms with Crippen LogP contribution in [0.3, 0.4) is 0 Å². The van der Waals surface area contributed by atoms with Crippen LogP contribution in [0.2, 0.25) is 0 Å². The largest absolute Gasteiger partial charge is 0.573 e. The van der Waals surface area contributed by atoms with Gasteiger partial charge in [-0.1, -0.05) is 18.2 Å². The van der Waals surface area contributed by atoms with Gasteiger partial charge in [0, 0.05) is 36.9 Å². The SMILES string of the molecule is CN1C2CCC1CC(Oc1cccc(CNCc3ccc(-c4ccc(OC(F)(F)F)cc4)nc3)c1)C2. The molecule has 0 radical (unpaired) electrons. The Hall–Kier alpha value is -3.10. The van der Waals surface area contributed by atoms with Gasteiger partial charge in [0.2, 0.25) is 0 Å². The molecule has 2 aromatic carbocycles. The van der Waals surface area contributed by atoms with E-state index in [1.807, 2.05) is 24.3 Å². The number of benzene rings is 2. The molecule has 2 unspecified atom stereocenters. The van der Waals surface area contributed by atoms with Gasteiger partial charge >= 0.3 is 6.36 Å². The number of fused-ring (bicyclic) bond motifs is 2. The number of piperidine rings is 1. The second-order valence-corrected chi connectivity index (χ2v) is 9.64. The number of nitrogens with one attached hydrogen (secondary N) is 1. The van der Waals surface area contributed by atoms with Crippen LogP contribution in [0, 0.1) is 0 Å². The predicted molar refractivity (Wildman–Crippen MR) is 132 cm³/mol. The van der Waals surface area contributed by atoms with Crippen molar-refractivity contribution in [1.29, 1.82) is 0 Å². The Bertz CT molecular complexity index is 1140. The number of nitrogens with zero attached hydrogens (tertiary/aromatic N) is 2. The average Bonchev–Trinajstić information content (AvgIpc) is 3.05. The third kappa shape index (κ3) is 6.17. The van der Waals surface area contributed by atoms with E-state index < -0.39 is 6.36 Å². The van der Waals surface area contributed by atoms with Gasteiger partial charge in [-0.2, -0.15) is 0 Å². The fourth-order valence-corrected chi connectivity index (χ4v) is 5.26. The molecule has 5 nitrogen and oxygen atoms in total. The van der Waals surface area contributed by atoms with Crippen molar-refractivity contribution in [2.24, 2.45) is 0 Å². The van der Waals surface area contributed by atoms with E-state index in [9.17, 15) is 13.2 Å². The fraction of sp³-hybridized carbons (Fsp3) is 0.393. The summed E-state index contributed by atoms with van der Waals surface area (Å²) in [7, 11) is 2.24. The van der Waals surface area contributed by atoms with E-state index >= 15 is 0 Å². The van der Waals surface area contributed by atoms with Crippen molar-refractivity contribution >= 4 is 0 Å². The summed E-state index contributed by atoms with van der Waals surface area (Å²) in [6, 6.07) is 19.1. The number of hydrogen-bond donors (Lipinski definition) is 1. The standard InChI is InChI=1S/C28H30F3N3O2/c1-34-22-8-9-23(34)15-26(14-22)35-25-4-2-3-19(13-25)16-32-17-20-5-12-27(33-18-20)21-6-10-24(11-7-21)36-28(29,30)31/h2-7,10-13,18,22-23,26,32H,8-9,14-17H2,1H3. The number of hydrogen-bond acceptors (Lipinski definition) is 5. The third-order valence-electron chi connectivity index (χ3n) is 7.12. The lowest BCUT2D eigenvalue weighted by atomic mass is 10.0. The minimum absolute atomic E-state index is 0.250. The number of rotatable bonds is 8. The molecule has 0 aliphatic carbocycles. The Labute approximate surface area is 209 Å². The summed E-state index contributed by atoms with van der Waals surface area (Å²) in [5.41, 5.74) is 3.59. The van der Waals surface area contributed by atoms with Crippen molar-refractivity contribution in [3.8, 4) is 22.8 Å². The third-order valence-corrected chi connectivity index (χ3v) is 7.12. The molecule has 8 heteroatoms. The van der Waals surface area contributed by atoms with E-state index in [0.717, 1.165) is 35.3 Å². The topological polar surface area (TPSA) is 46.6 Å². The van der Waals surface area contributed by atoms with Crippen molar-refractivity contribution in [3.05, 3.63) is 78.0 Å². The molecule has 2 fully saturated rings. The highest BCUT2D eigenvalue weighted by Crippen LogP contribution is 2.36. The van der Waals surface area contributed by atoms with Crippen molar-refractivity contribution < 1.29 is 22.6 Å². The summed E-state index contributed by atoms with van der Waals surface area (Å²) >= 11 is 0. The zero-order valence-electron chi connectivity index (χ0n) is 20.2. The van der Waals surface area contributed by atoms with Crippen LogP contribution in [0.15, 0.2) is 66.9 Å². The normalized spacial score (nSPS) is 21.9. The molecule has 1 N–H and O–H groups in total. The van der Waals surface area contributed by atoms with Crippen LogP contribution in [-0.2, 0) is 13.1 Å². The zero-order chi connectivity index (χ0) is 25.1. The molecule has 1 aromatic heterocycles. The minimum atomic E-state index is -4.70. The average molecular weight is 498 g/mol. The molecule has 0 spiro atoms. The molecule has 36 heavy (non-hydrogen) atoms. The summed E-state index contributed by atoms with van der Waals surface area (Å²) in [4.78, 5) is 6.97. The summed E-state index contributed by atoms with van der Waals surface area (Å²) in [5, 5.41) is 3.44. The highest BCUT2D eigenvalue weighted by molar-refractivity contribution is 5.60. The Morgan fingerprint density at radius 1 is 0.917 bits per heavy atom. The van der Waals surface area contributed by atoms with E-state index in [1.165, 1.54) is 25.0 Å². The van der Waals surface area contributed by atoms with Gasteiger partial charge in [0.1, 0.15) is 17.6 Å². The van der Waals surface area contributed by atoms with Gasteiger partial charge < -0.3 is 19.7 Å². The lowest BCUT2D eigenvalue weighted by Gasteiger charge is -2.36. The first kappa shape index (κ1) is 24.6. The molecule has 0 saturated carbocycles. The van der Waals surface area contributed by atoms with Crippen LogP contribution in [0.1, 0.15) is 36.8 Å². The van der Waals surface area contributed by atoms with Crippen LogP contribution < -0.4 is 14.8 Å². The van der Waals surface area contributed by atoms with E-state index in [4.69, 9.17) is 4.74 Å². The molecule has 0 amide bonds. The van der Waals surface area contributed by atoms with Gasteiger partial charge in [0.15, 0.2) is 0 Å². The zero-order valence-corrected chi connectivity index (χ0v) is 20.2. The van der Waals surface area contributed by atoms with Crippen LogP contribution in [-0.4, -0.2) is 41.5 Å². The van der Waals surface area contributed by atoms with Crippen LogP contribution >= 0.6 is 0 Å². The highest BCUT2D eigenvalue weighted by Gasteiger charge is 2.39. The summed E-state index contributed by atoms with van der Waals surface area (Å²) in [5.74, 6) is 0.681. The number of pyridine rings is 1. The molecule has 3 heterocycles. The number of alkyl halides is 3. The minimum Gasteiger partial charge on any atom is -0.490 e. The monoisotopic (exact) mass is 497 g/mol. The molecule has 3 aromatic rings. The molecule has 2 aliphatic heterocycles. The van der Waals surface area contributed by atoms with Crippen molar-refractivity contribution in [3.63, 3.8) is 0 Å². The number of aromatic nitrogens is 1. The molecule has 190 valence electrons. The summed E-state index contributed by atoms with van der Waals surface area (Å²) in [6.45, 7) is 1.35. The van der Waals surface area contributed by atoms with E-state index in [2.05, 4.69) is 39.1 Å². The smallest absolute Gasteiger partial charge is 0.490 e. The Morgan fingerprint density at radius 2 is 1.64 bits per heavy atom. The van der Waals surface area contributed by atoms with Gasteiger partial charge in [-0.05, 0) is 86.3 Å². The van der Waals surface area contributed by atoms with Gasteiger partial charge in [-0.15, -0.1) is 13.2 Å². The maximum absolute atomic E-state index is 12.3. The molecular weight excluding hydrogens is 467 g/mol. The Morgan fingerprint density at radius 3 is 2.31 bits per heavy atom. The maximum Gasteiger partial charge on any atom is 0.573 e.